The van der Waals surface area contributed by atoms with Crippen molar-refractivity contribution in [1.29, 1.82) is 0 Å². The molecule has 1 aromatic heterocycles. The molecular weight excluding hydrogens is 160 g/mol. The number of aromatic nitrogens is 1. The largest absolute Gasteiger partial charge is 0.396 e. The van der Waals surface area contributed by atoms with Crippen LogP contribution in [0.15, 0.2) is 6.20 Å². The fraction of sp³-hybridized carbons (Fsp3) is 0.571. The minimum atomic E-state index is 0.0706. The molecule has 1 rings (SSSR count). The number of hydrogen-bond donors (Lipinski definition) is 2. The van der Waals surface area contributed by atoms with Gasteiger partial charge < -0.3 is 10.8 Å². The van der Waals surface area contributed by atoms with Gasteiger partial charge in [-0.25, -0.2) is 4.98 Å². The van der Waals surface area contributed by atoms with Crippen molar-refractivity contribution in [1.82, 2.24) is 4.98 Å². The Morgan fingerprint density at radius 1 is 1.82 bits per heavy atom. The van der Waals surface area contributed by atoms with Gasteiger partial charge in [-0.15, -0.1) is 11.3 Å². The lowest BCUT2D eigenvalue weighted by atomic mass is 10.1. The lowest BCUT2D eigenvalue weighted by molar-refractivity contribution is 0.269. The van der Waals surface area contributed by atoms with Crippen molar-refractivity contribution in [3.05, 3.63) is 16.1 Å². The minimum absolute atomic E-state index is 0.0706. The summed E-state index contributed by atoms with van der Waals surface area (Å²) in [5.41, 5.74) is 5.44. The van der Waals surface area contributed by atoms with Gasteiger partial charge in [-0.2, -0.15) is 0 Å². The Morgan fingerprint density at radius 3 is 2.91 bits per heavy atom. The molecule has 0 spiro atoms. The monoisotopic (exact) mass is 172 g/mol. The fourth-order valence-electron chi connectivity index (χ4n) is 0.847. The third-order valence-corrected chi connectivity index (χ3v) is 2.62. The highest BCUT2D eigenvalue weighted by atomic mass is 32.1. The Morgan fingerprint density at radius 2 is 2.55 bits per heavy atom. The van der Waals surface area contributed by atoms with E-state index in [0.717, 1.165) is 9.88 Å². The normalized spacial score (nSPS) is 13.4. The molecule has 4 heteroatoms. The van der Waals surface area contributed by atoms with Crippen molar-refractivity contribution >= 4 is 11.3 Å². The quantitative estimate of drug-likeness (QED) is 0.697. The highest BCUT2D eigenvalue weighted by Gasteiger charge is 2.10. The summed E-state index contributed by atoms with van der Waals surface area (Å²) in [5.74, 6) is 0.0706. The maximum atomic E-state index is 8.89. The second kappa shape index (κ2) is 3.80. The number of aryl methyl sites for hydroxylation is 1. The Balaban J connectivity index is 2.73. The van der Waals surface area contributed by atoms with E-state index < -0.39 is 0 Å². The second-order valence-electron chi connectivity index (χ2n) is 2.40. The number of rotatable bonds is 3. The second-order valence-corrected chi connectivity index (χ2v) is 3.66. The highest BCUT2D eigenvalue weighted by molar-refractivity contribution is 7.11. The molecule has 0 aliphatic heterocycles. The molecule has 1 unspecified atom stereocenters. The van der Waals surface area contributed by atoms with Crippen LogP contribution in [0.25, 0.3) is 0 Å². The van der Waals surface area contributed by atoms with Crippen molar-refractivity contribution in [3.8, 4) is 0 Å². The number of nitrogens with two attached hydrogens (primary N) is 1. The number of aliphatic hydroxyl groups excluding tert-OH is 1. The zero-order valence-electron chi connectivity index (χ0n) is 6.45. The predicted octanol–water partition coefficient (Wildman–Crippen LogP) is 0.486. The van der Waals surface area contributed by atoms with Gasteiger partial charge in [0.05, 0.1) is 11.6 Å². The molecule has 1 heterocycles. The van der Waals surface area contributed by atoms with E-state index in [1.807, 2.05) is 6.92 Å². The first-order valence-electron chi connectivity index (χ1n) is 3.51. The van der Waals surface area contributed by atoms with Crippen molar-refractivity contribution in [2.75, 3.05) is 13.2 Å². The highest BCUT2D eigenvalue weighted by Crippen LogP contribution is 2.20. The van der Waals surface area contributed by atoms with Gasteiger partial charge >= 0.3 is 0 Å². The van der Waals surface area contributed by atoms with Crippen LogP contribution in [0.2, 0.25) is 0 Å². The average molecular weight is 172 g/mol. The topological polar surface area (TPSA) is 59.1 Å². The van der Waals surface area contributed by atoms with E-state index in [0.29, 0.717) is 6.54 Å². The Labute approximate surface area is 69.9 Å². The van der Waals surface area contributed by atoms with Gasteiger partial charge in [0.2, 0.25) is 0 Å². The Bertz CT molecular complexity index is 220. The summed E-state index contributed by atoms with van der Waals surface area (Å²) < 4.78 is 0. The third kappa shape index (κ3) is 1.99. The average Bonchev–Trinajstić information content (AvgIpc) is 2.39. The molecule has 0 saturated heterocycles. The summed E-state index contributed by atoms with van der Waals surface area (Å²) in [5, 5.41) is 9.91. The number of hydrogen-bond acceptors (Lipinski definition) is 4. The first kappa shape index (κ1) is 8.64. The van der Waals surface area contributed by atoms with Gasteiger partial charge in [0, 0.05) is 23.5 Å². The van der Waals surface area contributed by atoms with E-state index >= 15 is 0 Å². The van der Waals surface area contributed by atoms with Gasteiger partial charge in [-0.05, 0) is 6.92 Å². The molecule has 0 fully saturated rings. The number of nitrogens with zero attached hydrogens (tertiary/aromatic N) is 1. The molecule has 1 atom stereocenters. The first-order valence-corrected chi connectivity index (χ1v) is 4.32. The van der Waals surface area contributed by atoms with Crippen LogP contribution in [-0.4, -0.2) is 23.2 Å². The zero-order valence-corrected chi connectivity index (χ0v) is 7.27. The summed E-state index contributed by atoms with van der Waals surface area (Å²) in [6.45, 7) is 2.54. The summed E-state index contributed by atoms with van der Waals surface area (Å²) in [6, 6.07) is 0. The van der Waals surface area contributed by atoms with Crippen LogP contribution in [-0.2, 0) is 0 Å². The van der Waals surface area contributed by atoms with Crippen LogP contribution in [0, 0.1) is 6.92 Å². The molecule has 3 N–H and O–H groups in total. The lowest BCUT2D eigenvalue weighted by Crippen LogP contribution is -2.14. The van der Waals surface area contributed by atoms with Crippen molar-refractivity contribution in [2.24, 2.45) is 5.73 Å². The van der Waals surface area contributed by atoms with Gasteiger partial charge in [0.15, 0.2) is 0 Å². The molecule has 0 aliphatic rings. The summed E-state index contributed by atoms with van der Waals surface area (Å²) in [4.78, 5) is 5.16. The van der Waals surface area contributed by atoms with Crippen molar-refractivity contribution in [2.45, 2.75) is 12.8 Å². The molecule has 62 valence electrons. The molecule has 0 radical (unpaired) electrons. The molecule has 0 aliphatic carbocycles. The minimum Gasteiger partial charge on any atom is -0.396 e. The van der Waals surface area contributed by atoms with Crippen molar-refractivity contribution in [3.63, 3.8) is 0 Å². The molecule has 1 aromatic rings. The summed E-state index contributed by atoms with van der Waals surface area (Å²) in [7, 11) is 0. The maximum Gasteiger partial charge on any atom is 0.0896 e. The van der Waals surface area contributed by atoms with Gasteiger partial charge in [-0.3, -0.25) is 0 Å². The molecule has 0 bridgehead atoms. The smallest absolute Gasteiger partial charge is 0.0896 e. The Kier molecular flexibility index (Phi) is 2.99. The van der Waals surface area contributed by atoms with E-state index in [1.54, 1.807) is 17.5 Å². The van der Waals surface area contributed by atoms with Crippen LogP contribution in [0.3, 0.4) is 0 Å². The molecule has 11 heavy (non-hydrogen) atoms. The van der Waals surface area contributed by atoms with Crippen molar-refractivity contribution < 1.29 is 5.11 Å². The molecule has 0 saturated carbocycles. The van der Waals surface area contributed by atoms with Crippen LogP contribution in [0.5, 0.6) is 0 Å². The van der Waals surface area contributed by atoms with Gasteiger partial charge in [-0.1, -0.05) is 0 Å². The van der Waals surface area contributed by atoms with Gasteiger partial charge in [0.25, 0.3) is 0 Å². The van der Waals surface area contributed by atoms with Crippen LogP contribution in [0.1, 0.15) is 15.8 Å². The summed E-state index contributed by atoms with van der Waals surface area (Å²) >= 11 is 1.59. The predicted molar refractivity (Wildman–Crippen MR) is 45.7 cm³/mol. The molecule has 0 aromatic carbocycles. The zero-order chi connectivity index (χ0) is 8.27. The molecule has 0 amide bonds. The lowest BCUT2D eigenvalue weighted by Gasteiger charge is -2.06. The van der Waals surface area contributed by atoms with Crippen LogP contribution >= 0.6 is 11.3 Å². The molecular formula is C7H12N2OS. The van der Waals surface area contributed by atoms with E-state index in [4.69, 9.17) is 10.8 Å². The fourth-order valence-corrected chi connectivity index (χ4v) is 1.74. The number of thiazole rings is 1. The van der Waals surface area contributed by atoms with Crippen LogP contribution in [0.4, 0.5) is 0 Å². The standard InChI is InChI=1S/C7H12N2OS/c1-5-9-3-7(11-5)6(2-8)4-10/h3,6,10H,2,4,8H2,1H3. The summed E-state index contributed by atoms with van der Waals surface area (Å²) in [6.07, 6.45) is 1.79. The van der Waals surface area contributed by atoms with E-state index in [2.05, 4.69) is 4.98 Å². The van der Waals surface area contributed by atoms with E-state index in [9.17, 15) is 0 Å². The van der Waals surface area contributed by atoms with E-state index in [-0.39, 0.29) is 12.5 Å². The maximum absolute atomic E-state index is 8.89. The van der Waals surface area contributed by atoms with Gasteiger partial charge in [0.1, 0.15) is 0 Å². The SMILES string of the molecule is Cc1ncc(C(CN)CO)s1. The Hall–Kier alpha value is -0.450. The third-order valence-electron chi connectivity index (χ3n) is 1.55. The van der Waals surface area contributed by atoms with E-state index in [1.165, 1.54) is 0 Å². The number of aliphatic hydroxyl groups is 1. The molecule has 3 nitrogen and oxygen atoms in total. The first-order chi connectivity index (χ1) is 5.27. The van der Waals surface area contributed by atoms with Crippen LogP contribution < -0.4 is 5.73 Å².